The van der Waals surface area contributed by atoms with Gasteiger partial charge in [-0.25, -0.2) is 0 Å². The van der Waals surface area contributed by atoms with E-state index in [-0.39, 0.29) is 0 Å². The summed E-state index contributed by atoms with van der Waals surface area (Å²) in [5, 5.41) is 8.30. The summed E-state index contributed by atoms with van der Waals surface area (Å²) in [5.74, 6) is 0. The lowest BCUT2D eigenvalue weighted by Crippen LogP contribution is -1.71. The van der Waals surface area contributed by atoms with Gasteiger partial charge in [0.15, 0.2) is 0 Å². The van der Waals surface area contributed by atoms with E-state index in [0.717, 1.165) is 6.42 Å². The van der Waals surface area contributed by atoms with Gasteiger partial charge in [0.25, 0.3) is 0 Å². The van der Waals surface area contributed by atoms with Gasteiger partial charge in [0.2, 0.25) is 0 Å². The van der Waals surface area contributed by atoms with Crippen LogP contribution in [0, 0.1) is 11.3 Å². The highest BCUT2D eigenvalue weighted by atomic mass is 127. The van der Waals surface area contributed by atoms with Gasteiger partial charge < -0.3 is 0 Å². The minimum Gasteiger partial charge on any atom is -0.198 e. The number of nitriles is 1. The zero-order valence-electron chi connectivity index (χ0n) is 6.23. The van der Waals surface area contributed by atoms with Gasteiger partial charge in [0.1, 0.15) is 0 Å². The molecule has 0 rings (SSSR count). The molecule has 0 saturated carbocycles. The van der Waals surface area contributed by atoms with E-state index in [1.54, 1.807) is 0 Å². The van der Waals surface area contributed by atoms with Crippen molar-refractivity contribution < 1.29 is 0 Å². The minimum atomic E-state index is 0.574. The topological polar surface area (TPSA) is 23.8 Å². The van der Waals surface area contributed by atoms with Crippen LogP contribution in [0.4, 0.5) is 0 Å². The van der Waals surface area contributed by atoms with Gasteiger partial charge in [-0.1, -0.05) is 25.8 Å². The third-order valence-electron chi connectivity index (χ3n) is 1.17. The van der Waals surface area contributed by atoms with Crippen LogP contribution in [0.3, 0.4) is 0 Å². The van der Waals surface area contributed by atoms with Gasteiger partial charge >= 0.3 is 0 Å². The zero-order chi connectivity index (χ0) is 7.82. The van der Waals surface area contributed by atoms with E-state index in [2.05, 4.69) is 41.7 Å². The first-order valence-electron chi connectivity index (χ1n) is 3.52. The highest BCUT2D eigenvalue weighted by molar-refractivity contribution is 14.1. The van der Waals surface area contributed by atoms with Crippen LogP contribution in [0.5, 0.6) is 0 Å². The quantitative estimate of drug-likeness (QED) is 0.553. The van der Waals surface area contributed by atoms with Crippen molar-refractivity contribution in [3.8, 4) is 6.07 Å². The van der Waals surface area contributed by atoms with Crippen molar-refractivity contribution in [1.82, 2.24) is 0 Å². The maximum atomic E-state index is 8.30. The Morgan fingerprint density at radius 1 is 1.70 bits per heavy atom. The average molecular weight is 249 g/mol. The molecule has 0 amide bonds. The van der Waals surface area contributed by atoms with Crippen LogP contribution >= 0.6 is 22.6 Å². The fraction of sp³-hybridized carbons (Fsp3) is 0.625. The van der Waals surface area contributed by atoms with Gasteiger partial charge in [0, 0.05) is 3.58 Å². The summed E-state index contributed by atoms with van der Waals surface area (Å²) in [4.78, 5) is 0. The summed E-state index contributed by atoms with van der Waals surface area (Å²) in [6, 6.07) is 2.12. The lowest BCUT2D eigenvalue weighted by Gasteiger charge is -1.90. The monoisotopic (exact) mass is 249 g/mol. The molecule has 10 heavy (non-hydrogen) atoms. The van der Waals surface area contributed by atoms with Crippen LogP contribution in [0.25, 0.3) is 0 Å². The molecule has 0 heterocycles. The molecule has 2 heteroatoms. The number of halogens is 1. The molecule has 0 aromatic carbocycles. The molecule has 0 aromatic rings. The molecule has 0 N–H and O–H groups in total. The molecular weight excluding hydrogens is 237 g/mol. The van der Waals surface area contributed by atoms with E-state index in [0.29, 0.717) is 6.42 Å². The van der Waals surface area contributed by atoms with E-state index in [9.17, 15) is 0 Å². The smallest absolute Gasteiger partial charge is 0.0674 e. The second-order valence-corrected chi connectivity index (χ2v) is 3.51. The maximum absolute atomic E-state index is 8.30. The summed E-state index contributed by atoms with van der Waals surface area (Å²) in [7, 11) is 0. The third kappa shape index (κ3) is 6.09. The number of hydrogen-bond acceptors (Lipinski definition) is 1. The molecule has 0 radical (unpaired) electrons. The standard InChI is InChI=1S/C8H12IN/c1-2-3-4-5-8(9)6-7-10/h5H,2-4,6H2,1H3/b8-5-. The van der Waals surface area contributed by atoms with Gasteiger partial charge in [-0.15, -0.1) is 0 Å². The van der Waals surface area contributed by atoms with Crippen LogP contribution < -0.4 is 0 Å². The number of nitrogens with zero attached hydrogens (tertiary/aromatic N) is 1. The lowest BCUT2D eigenvalue weighted by atomic mass is 10.2. The Kier molecular flexibility index (Phi) is 7.04. The highest BCUT2D eigenvalue weighted by Crippen LogP contribution is 2.11. The van der Waals surface area contributed by atoms with Crippen LogP contribution in [-0.4, -0.2) is 0 Å². The first-order valence-corrected chi connectivity index (χ1v) is 4.60. The molecule has 0 aliphatic heterocycles. The van der Waals surface area contributed by atoms with Gasteiger partial charge in [-0.2, -0.15) is 5.26 Å². The second-order valence-electron chi connectivity index (χ2n) is 2.13. The highest BCUT2D eigenvalue weighted by Gasteiger charge is 1.87. The fourth-order valence-corrected chi connectivity index (χ4v) is 1.09. The molecule has 0 unspecified atom stereocenters. The fourth-order valence-electron chi connectivity index (χ4n) is 0.610. The number of unbranched alkanes of at least 4 members (excludes halogenated alkanes) is 2. The maximum Gasteiger partial charge on any atom is 0.0674 e. The lowest BCUT2D eigenvalue weighted by molar-refractivity contribution is 0.813. The molecule has 0 aliphatic carbocycles. The van der Waals surface area contributed by atoms with Gasteiger partial charge in [0.05, 0.1) is 12.5 Å². The molecule has 0 bridgehead atoms. The number of allylic oxidation sites excluding steroid dienone is 2. The Morgan fingerprint density at radius 3 is 2.90 bits per heavy atom. The SMILES string of the molecule is CCCC/C=C(\I)CC#N. The normalized spacial score (nSPS) is 11.1. The summed E-state index contributed by atoms with van der Waals surface area (Å²) in [5.41, 5.74) is 0. The Hall–Kier alpha value is -0.0400. The Morgan fingerprint density at radius 2 is 2.40 bits per heavy atom. The van der Waals surface area contributed by atoms with Crippen molar-refractivity contribution in [2.75, 3.05) is 0 Å². The van der Waals surface area contributed by atoms with E-state index in [1.165, 1.54) is 16.4 Å². The predicted octanol–water partition coefficient (Wildman–Crippen LogP) is 3.41. The Balaban J connectivity index is 3.40. The van der Waals surface area contributed by atoms with Crippen molar-refractivity contribution in [3.63, 3.8) is 0 Å². The number of hydrogen-bond donors (Lipinski definition) is 0. The largest absolute Gasteiger partial charge is 0.198 e. The summed E-state index contributed by atoms with van der Waals surface area (Å²) in [6.07, 6.45) is 6.30. The Bertz CT molecular complexity index is 144. The van der Waals surface area contributed by atoms with E-state index in [1.807, 2.05) is 0 Å². The van der Waals surface area contributed by atoms with Crippen molar-refractivity contribution in [2.24, 2.45) is 0 Å². The second kappa shape index (κ2) is 7.07. The van der Waals surface area contributed by atoms with E-state index in [4.69, 9.17) is 5.26 Å². The van der Waals surface area contributed by atoms with Crippen molar-refractivity contribution in [3.05, 3.63) is 9.66 Å². The summed E-state index contributed by atoms with van der Waals surface area (Å²) < 4.78 is 1.17. The summed E-state index contributed by atoms with van der Waals surface area (Å²) in [6.45, 7) is 2.17. The van der Waals surface area contributed by atoms with Gasteiger partial charge in [-0.05, 0) is 29.0 Å². The third-order valence-corrected chi connectivity index (χ3v) is 1.99. The molecular formula is C8H12IN. The van der Waals surface area contributed by atoms with Crippen molar-refractivity contribution >= 4 is 22.6 Å². The molecule has 0 aromatic heterocycles. The molecule has 0 fully saturated rings. The zero-order valence-corrected chi connectivity index (χ0v) is 8.39. The van der Waals surface area contributed by atoms with E-state index < -0.39 is 0 Å². The Labute approximate surface area is 76.3 Å². The average Bonchev–Trinajstić information content (AvgIpc) is 1.89. The minimum absolute atomic E-state index is 0.574. The molecule has 0 atom stereocenters. The van der Waals surface area contributed by atoms with Crippen molar-refractivity contribution in [2.45, 2.75) is 32.6 Å². The first-order chi connectivity index (χ1) is 4.81. The molecule has 1 nitrogen and oxygen atoms in total. The van der Waals surface area contributed by atoms with Crippen LogP contribution in [0.1, 0.15) is 32.6 Å². The van der Waals surface area contributed by atoms with Crippen LogP contribution in [0.2, 0.25) is 0 Å². The molecule has 56 valence electrons. The van der Waals surface area contributed by atoms with E-state index >= 15 is 0 Å². The van der Waals surface area contributed by atoms with Crippen LogP contribution in [-0.2, 0) is 0 Å². The first kappa shape index (κ1) is 9.96. The van der Waals surface area contributed by atoms with Crippen LogP contribution in [0.15, 0.2) is 9.66 Å². The van der Waals surface area contributed by atoms with Crippen molar-refractivity contribution in [1.29, 1.82) is 5.26 Å². The molecule has 0 spiro atoms. The molecule has 0 aliphatic rings. The van der Waals surface area contributed by atoms with Gasteiger partial charge in [-0.3, -0.25) is 0 Å². The molecule has 0 saturated heterocycles. The predicted molar refractivity (Wildman–Crippen MR) is 51.9 cm³/mol. The number of rotatable bonds is 4. The summed E-state index contributed by atoms with van der Waals surface area (Å²) >= 11 is 2.22.